The van der Waals surface area contributed by atoms with Crippen molar-refractivity contribution in [2.24, 2.45) is 0 Å². The third-order valence-electron chi connectivity index (χ3n) is 5.91. The smallest absolute Gasteiger partial charge is 0.324 e. The van der Waals surface area contributed by atoms with Crippen LogP contribution in [0, 0.1) is 25.0 Å². The second kappa shape index (κ2) is 12.3. The lowest BCUT2D eigenvalue weighted by Gasteiger charge is -2.38. The highest BCUT2D eigenvalue weighted by atomic mass is 32.3. The zero-order valence-corrected chi connectivity index (χ0v) is 25.9. The van der Waals surface area contributed by atoms with Gasteiger partial charge in [-0.2, -0.15) is 10.0 Å². The molecule has 9 heteroatoms. The van der Waals surface area contributed by atoms with E-state index in [0.717, 1.165) is 33.8 Å². The van der Waals surface area contributed by atoms with Crippen LogP contribution < -0.4 is 16.0 Å². The van der Waals surface area contributed by atoms with Crippen LogP contribution in [-0.2, 0) is 15.0 Å². The first-order valence-electron chi connectivity index (χ1n) is 12.4. The number of thiophene rings is 1. The summed E-state index contributed by atoms with van der Waals surface area (Å²) in [6.07, 6.45) is 7.22. The number of aryl methyl sites for hydroxylation is 2. The van der Waals surface area contributed by atoms with Crippen molar-refractivity contribution in [3.63, 3.8) is 0 Å². The van der Waals surface area contributed by atoms with E-state index in [1.807, 2.05) is 32.0 Å². The molecule has 4 amide bonds. The van der Waals surface area contributed by atoms with E-state index in [1.165, 1.54) is 9.78 Å². The summed E-state index contributed by atoms with van der Waals surface area (Å²) in [7, 11) is -0.890. The van der Waals surface area contributed by atoms with Crippen LogP contribution in [0.1, 0.15) is 56.2 Å². The number of nitrogens with one attached hydrogen (secondary N) is 3. The van der Waals surface area contributed by atoms with E-state index < -0.39 is 15.6 Å². The zero-order chi connectivity index (χ0) is 28.9. The Morgan fingerprint density at radius 2 is 1.79 bits per heavy atom. The van der Waals surface area contributed by atoms with Crippen molar-refractivity contribution < 1.29 is 14.4 Å². The molecule has 0 saturated carbocycles. The number of anilines is 2. The Morgan fingerprint density at radius 3 is 2.32 bits per heavy atom. The minimum Gasteiger partial charge on any atom is -0.352 e. The van der Waals surface area contributed by atoms with Crippen molar-refractivity contribution in [1.29, 1.82) is 0 Å². The maximum atomic E-state index is 12.5. The van der Waals surface area contributed by atoms with Gasteiger partial charge in [0.15, 0.2) is 0 Å². The number of amides is 4. The molecule has 0 unspecified atom stereocenters. The predicted molar refractivity (Wildman–Crippen MR) is 164 cm³/mol. The summed E-state index contributed by atoms with van der Waals surface area (Å²) < 4.78 is 0. The van der Waals surface area contributed by atoms with Crippen LogP contribution in [-0.4, -0.2) is 60.6 Å². The number of rotatable bonds is 3. The van der Waals surface area contributed by atoms with Crippen LogP contribution >= 0.6 is 21.4 Å². The highest BCUT2D eigenvalue weighted by Gasteiger charge is 2.36. The number of carbonyl (C=O) groups is 3. The maximum absolute atomic E-state index is 12.5. The zero-order valence-electron chi connectivity index (χ0n) is 24.3. The van der Waals surface area contributed by atoms with Gasteiger partial charge in [0, 0.05) is 29.2 Å². The lowest BCUT2D eigenvalue weighted by molar-refractivity contribution is -0.141. The molecule has 1 saturated heterocycles. The average Bonchev–Trinajstić information content (AvgIpc) is 3.16. The van der Waals surface area contributed by atoms with Gasteiger partial charge < -0.3 is 15.5 Å². The van der Waals surface area contributed by atoms with Crippen LogP contribution in [0.4, 0.5) is 15.5 Å². The van der Waals surface area contributed by atoms with Crippen LogP contribution in [0.15, 0.2) is 24.3 Å². The molecule has 2 aromatic rings. The van der Waals surface area contributed by atoms with Gasteiger partial charge >= 0.3 is 6.03 Å². The summed E-state index contributed by atoms with van der Waals surface area (Å²) in [5, 5.41) is 12.8. The fourth-order valence-electron chi connectivity index (χ4n) is 3.38. The number of nitrogens with zero attached hydrogens (tertiary/aromatic N) is 1. The minimum absolute atomic E-state index is 0.0748. The molecule has 38 heavy (non-hydrogen) atoms. The first-order valence-corrected chi connectivity index (χ1v) is 16.1. The lowest BCUT2D eigenvalue weighted by atomic mass is 9.94. The van der Waals surface area contributed by atoms with Gasteiger partial charge in [0.2, 0.25) is 12.3 Å². The number of carbonyl (C=O) groups excluding carboxylic acids is 3. The van der Waals surface area contributed by atoms with Gasteiger partial charge in [0.1, 0.15) is 5.54 Å². The molecular formula is C29H42N4O3S2. The summed E-state index contributed by atoms with van der Waals surface area (Å²) >= 11 is 1.63. The molecule has 0 spiro atoms. The molecule has 0 atom stereocenters. The van der Waals surface area contributed by atoms with Crippen molar-refractivity contribution in [3.05, 3.63) is 45.8 Å². The second-order valence-corrected chi connectivity index (χ2v) is 16.6. The Bertz CT molecular complexity index is 1240. The van der Waals surface area contributed by atoms with Crippen molar-refractivity contribution in [2.45, 2.75) is 59.4 Å². The van der Waals surface area contributed by atoms with Gasteiger partial charge in [-0.15, -0.1) is 11.3 Å². The largest absolute Gasteiger partial charge is 0.352 e. The highest BCUT2D eigenvalue weighted by Crippen LogP contribution is 2.35. The quantitative estimate of drug-likeness (QED) is 0.335. The molecule has 1 aliphatic heterocycles. The monoisotopic (exact) mass is 558 g/mol. The van der Waals surface area contributed by atoms with E-state index in [9.17, 15) is 14.4 Å². The fourth-order valence-corrected chi connectivity index (χ4v) is 4.93. The molecule has 7 nitrogen and oxygen atoms in total. The molecule has 1 aromatic carbocycles. The summed E-state index contributed by atoms with van der Waals surface area (Å²) in [5.74, 6) is 3.18. The third-order valence-corrected chi connectivity index (χ3v) is 8.20. The number of piperazine rings is 1. The van der Waals surface area contributed by atoms with Gasteiger partial charge in [-0.05, 0) is 86.5 Å². The molecule has 1 aromatic heterocycles. The molecular weight excluding hydrogens is 516 g/mol. The van der Waals surface area contributed by atoms with Gasteiger partial charge in [-0.25, -0.2) is 4.79 Å². The normalized spacial score (nSPS) is 15.2. The number of urea groups is 1. The summed E-state index contributed by atoms with van der Waals surface area (Å²) in [6, 6.07) is 7.76. The third kappa shape index (κ3) is 8.81. The molecule has 3 rings (SSSR count). The maximum Gasteiger partial charge on any atom is 0.324 e. The van der Waals surface area contributed by atoms with E-state index in [1.54, 1.807) is 25.2 Å². The summed E-state index contributed by atoms with van der Waals surface area (Å²) in [6.45, 7) is 15.2. The molecule has 3 N–H and O–H groups in total. The van der Waals surface area contributed by atoms with E-state index >= 15 is 0 Å². The second-order valence-electron chi connectivity index (χ2n) is 11.7. The SMILES string of the molecule is CC1(C)C(=O)NCCN1C=O.Cc1ccc(NC(=O)Nc2sc(C(C)(C)C)cc2C)cc1C#CS(C)(C)C. The van der Waals surface area contributed by atoms with Crippen LogP contribution in [0.3, 0.4) is 0 Å². The average molecular weight is 559 g/mol. The van der Waals surface area contributed by atoms with Crippen molar-refractivity contribution in [3.8, 4) is 11.2 Å². The van der Waals surface area contributed by atoms with Crippen molar-refractivity contribution >= 4 is 50.4 Å². The van der Waals surface area contributed by atoms with Crippen molar-refractivity contribution in [2.75, 3.05) is 42.5 Å². The van der Waals surface area contributed by atoms with Gasteiger partial charge in [-0.1, -0.05) is 32.8 Å². The number of hydrogen-bond acceptors (Lipinski definition) is 4. The number of hydrogen-bond donors (Lipinski definition) is 3. The summed E-state index contributed by atoms with van der Waals surface area (Å²) in [4.78, 5) is 36.9. The Hall–Kier alpha value is -2.96. The van der Waals surface area contributed by atoms with Crippen LogP contribution in [0.2, 0.25) is 0 Å². The summed E-state index contributed by atoms with van der Waals surface area (Å²) in [5.41, 5.74) is 3.30. The van der Waals surface area contributed by atoms with Crippen LogP contribution in [0.5, 0.6) is 0 Å². The van der Waals surface area contributed by atoms with E-state index in [-0.39, 0.29) is 17.4 Å². The molecule has 208 valence electrons. The van der Waals surface area contributed by atoms with E-state index in [4.69, 9.17) is 0 Å². The highest BCUT2D eigenvalue weighted by molar-refractivity contribution is 8.35. The fraction of sp³-hybridized carbons (Fsp3) is 0.483. The Kier molecular flexibility index (Phi) is 10.1. The van der Waals surface area contributed by atoms with Gasteiger partial charge in [0.25, 0.3) is 0 Å². The van der Waals surface area contributed by atoms with E-state index in [0.29, 0.717) is 13.1 Å². The molecule has 0 aliphatic carbocycles. The molecule has 0 radical (unpaired) electrons. The van der Waals surface area contributed by atoms with Gasteiger partial charge in [0.05, 0.1) is 5.00 Å². The molecule has 1 aliphatic rings. The Balaban J connectivity index is 0.000000384. The van der Waals surface area contributed by atoms with E-state index in [2.05, 4.69) is 72.7 Å². The molecule has 0 bridgehead atoms. The van der Waals surface area contributed by atoms with Crippen molar-refractivity contribution in [1.82, 2.24) is 10.2 Å². The minimum atomic E-state index is -0.890. The molecule has 2 heterocycles. The Labute approximate surface area is 233 Å². The molecule has 1 fully saturated rings. The van der Waals surface area contributed by atoms with Gasteiger partial charge in [-0.3, -0.25) is 14.9 Å². The Morgan fingerprint density at radius 1 is 1.13 bits per heavy atom. The first kappa shape index (κ1) is 31.3. The first-order chi connectivity index (χ1) is 17.4. The topological polar surface area (TPSA) is 90.5 Å². The number of benzene rings is 1. The van der Waals surface area contributed by atoms with Crippen LogP contribution in [0.25, 0.3) is 0 Å². The standard InChI is InChI=1S/C22H30N2OS2.C7H12N2O2/c1-15-9-10-18(14-17(15)11-12-27(6,7)8)23-21(25)24-20-16(2)13-19(26-20)22(3,4)5;1-7(2)6(11)8-3-4-9(7)5-10/h9-10,13-14H,1-8H3,(H2,23,24,25);5H,3-4H2,1-2H3,(H,8,11). The predicted octanol–water partition coefficient (Wildman–Crippen LogP) is 5.66. The lowest BCUT2D eigenvalue weighted by Crippen LogP contribution is -2.61.